The molecule has 1 aromatic carbocycles. The van der Waals surface area contributed by atoms with Crippen LogP contribution in [0, 0.1) is 5.41 Å². The molecule has 1 saturated heterocycles. The largest absolute Gasteiger partial charge is 0.390 e. The fraction of sp³-hybridized carbons (Fsp3) is 0.368. The lowest BCUT2D eigenvalue weighted by molar-refractivity contribution is 0.0610. The minimum atomic E-state index is -0.0580. The summed E-state index contributed by atoms with van der Waals surface area (Å²) in [5.74, 6) is 0.144. The summed E-state index contributed by atoms with van der Waals surface area (Å²) in [6, 6.07) is 7.40. The highest BCUT2D eigenvalue weighted by molar-refractivity contribution is 7.09. The predicted molar refractivity (Wildman–Crippen MR) is 108 cm³/mol. The van der Waals surface area contributed by atoms with Crippen molar-refractivity contribution in [3.05, 3.63) is 45.9 Å². The van der Waals surface area contributed by atoms with Crippen LogP contribution in [0.2, 0.25) is 0 Å². The third-order valence-electron chi connectivity index (χ3n) is 4.72. The number of hydrogen-bond donors (Lipinski definition) is 3. The van der Waals surface area contributed by atoms with Crippen molar-refractivity contribution in [3.8, 4) is 0 Å². The average molecular weight is 385 g/mol. The Morgan fingerprint density at radius 2 is 2.30 bits per heavy atom. The number of piperidine rings is 1. The second kappa shape index (κ2) is 8.88. The second-order valence-corrected chi connectivity index (χ2v) is 7.41. The van der Waals surface area contributed by atoms with Gasteiger partial charge >= 0.3 is 0 Å². The highest BCUT2D eigenvalue weighted by atomic mass is 32.1. The Morgan fingerprint density at radius 3 is 3.04 bits per heavy atom. The van der Waals surface area contributed by atoms with Crippen LogP contribution in [0.25, 0.3) is 0 Å². The van der Waals surface area contributed by atoms with Gasteiger partial charge < -0.3 is 15.4 Å². The Balaban J connectivity index is 1.80. The van der Waals surface area contributed by atoms with Gasteiger partial charge in [-0.1, -0.05) is 12.1 Å². The number of rotatable bonds is 6. The number of benzene rings is 1. The van der Waals surface area contributed by atoms with Crippen LogP contribution in [0.5, 0.6) is 0 Å². The molecule has 2 aromatic rings. The van der Waals surface area contributed by atoms with Crippen molar-refractivity contribution in [3.63, 3.8) is 0 Å². The van der Waals surface area contributed by atoms with E-state index >= 15 is 0 Å². The zero-order chi connectivity index (χ0) is 19.2. The highest BCUT2D eigenvalue weighted by Crippen LogP contribution is 2.33. The molecule has 1 aliphatic rings. The van der Waals surface area contributed by atoms with Crippen molar-refractivity contribution in [1.82, 2.24) is 9.88 Å². The van der Waals surface area contributed by atoms with Crippen molar-refractivity contribution in [2.75, 3.05) is 12.0 Å². The molecular formula is C19H23N5O2S. The molecular weight excluding hydrogens is 362 g/mol. The molecule has 0 bridgehead atoms. The summed E-state index contributed by atoms with van der Waals surface area (Å²) in [7, 11) is 0. The molecule has 1 unspecified atom stereocenters. The number of nitrogens with zero attached hydrogens (tertiary/aromatic N) is 3. The number of thiazole rings is 1. The van der Waals surface area contributed by atoms with E-state index in [4.69, 9.17) is 5.41 Å². The maximum Gasteiger partial charge on any atom is 0.256 e. The number of aromatic nitrogens is 1. The Kier molecular flexibility index (Phi) is 6.31. The molecule has 27 heavy (non-hydrogen) atoms. The smallest absolute Gasteiger partial charge is 0.256 e. The molecule has 2 atom stereocenters. The van der Waals surface area contributed by atoms with E-state index in [2.05, 4.69) is 22.4 Å². The zero-order valence-electron chi connectivity index (χ0n) is 15.1. The minimum Gasteiger partial charge on any atom is -0.390 e. The van der Waals surface area contributed by atoms with E-state index < -0.39 is 0 Å². The van der Waals surface area contributed by atoms with Crippen LogP contribution in [0.1, 0.15) is 46.7 Å². The predicted octanol–water partition coefficient (Wildman–Crippen LogP) is 3.09. The van der Waals surface area contributed by atoms with Crippen LogP contribution in [-0.4, -0.2) is 45.9 Å². The van der Waals surface area contributed by atoms with Crippen LogP contribution in [0.15, 0.2) is 34.7 Å². The normalized spacial score (nSPS) is 20.0. The number of aliphatic hydroxyl groups excluding tert-OH is 1. The SMILES string of the molecule is C[C@@H]1CCC(c2nc(CO)cs2)CN1C(=O)c1ccccc1N/N=C\C=N. The molecule has 7 nitrogen and oxygen atoms in total. The number of para-hydroxylation sites is 1. The van der Waals surface area contributed by atoms with Crippen molar-refractivity contribution >= 4 is 35.4 Å². The van der Waals surface area contributed by atoms with Gasteiger partial charge in [-0.15, -0.1) is 11.3 Å². The van der Waals surface area contributed by atoms with Crippen LogP contribution in [0.3, 0.4) is 0 Å². The summed E-state index contributed by atoms with van der Waals surface area (Å²) in [6.07, 6.45) is 4.28. The number of carbonyl (C=O) groups is 1. The second-order valence-electron chi connectivity index (χ2n) is 6.52. The van der Waals surface area contributed by atoms with Gasteiger partial charge in [0.15, 0.2) is 0 Å². The van der Waals surface area contributed by atoms with Gasteiger partial charge in [0, 0.05) is 30.1 Å². The number of likely N-dealkylation sites (tertiary alicyclic amines) is 1. The molecule has 1 amide bonds. The molecule has 2 heterocycles. The Bertz CT molecular complexity index is 835. The van der Waals surface area contributed by atoms with E-state index in [0.717, 1.165) is 24.1 Å². The first-order valence-corrected chi connectivity index (χ1v) is 9.75. The lowest BCUT2D eigenvalue weighted by atomic mass is 9.93. The summed E-state index contributed by atoms with van der Waals surface area (Å²) in [6.45, 7) is 2.62. The van der Waals surface area contributed by atoms with Crippen LogP contribution >= 0.6 is 11.3 Å². The Hall–Kier alpha value is -2.58. The van der Waals surface area contributed by atoms with E-state index in [0.29, 0.717) is 23.5 Å². The first-order chi connectivity index (χ1) is 13.1. The number of nitrogens with one attached hydrogen (secondary N) is 2. The summed E-state index contributed by atoms with van der Waals surface area (Å²) < 4.78 is 0. The Morgan fingerprint density at radius 1 is 1.48 bits per heavy atom. The first kappa shape index (κ1) is 19.2. The maximum atomic E-state index is 13.2. The van der Waals surface area contributed by atoms with Crippen molar-refractivity contribution < 1.29 is 9.90 Å². The Labute approximate surface area is 162 Å². The van der Waals surface area contributed by atoms with Gasteiger partial charge in [-0.05, 0) is 31.9 Å². The molecule has 0 saturated carbocycles. The molecule has 3 rings (SSSR count). The summed E-state index contributed by atoms with van der Waals surface area (Å²) >= 11 is 1.55. The van der Waals surface area contributed by atoms with E-state index in [9.17, 15) is 9.90 Å². The maximum absolute atomic E-state index is 13.2. The molecule has 1 aliphatic heterocycles. The van der Waals surface area contributed by atoms with Gasteiger partial charge in [-0.25, -0.2) is 4.98 Å². The molecule has 0 radical (unpaired) electrons. The van der Waals surface area contributed by atoms with Crippen LogP contribution < -0.4 is 5.43 Å². The number of amides is 1. The zero-order valence-corrected chi connectivity index (χ0v) is 15.9. The number of aliphatic hydroxyl groups is 1. The van der Waals surface area contributed by atoms with Crippen molar-refractivity contribution in [1.29, 1.82) is 5.41 Å². The van der Waals surface area contributed by atoms with Gasteiger partial charge in [0.25, 0.3) is 5.91 Å². The van der Waals surface area contributed by atoms with E-state index in [-0.39, 0.29) is 24.5 Å². The summed E-state index contributed by atoms with van der Waals surface area (Å²) in [5, 5.41) is 23.0. The molecule has 142 valence electrons. The number of carbonyl (C=O) groups excluding carboxylic acids is 1. The first-order valence-electron chi connectivity index (χ1n) is 8.87. The van der Waals surface area contributed by atoms with E-state index in [1.165, 1.54) is 6.21 Å². The molecule has 1 fully saturated rings. The molecule has 1 aromatic heterocycles. The number of hydrogen-bond acceptors (Lipinski definition) is 7. The van der Waals surface area contributed by atoms with Crippen molar-refractivity contribution in [2.24, 2.45) is 5.10 Å². The standard InChI is InChI=1S/C19H23N5O2S/c1-13-6-7-14(18-22-15(11-25)12-27-18)10-24(13)19(26)16-4-2-3-5-17(16)23-21-9-8-20/h2-5,8-9,12-14,20,23,25H,6-7,10-11H2,1H3/b20-8?,21-9-/t13-,14?/m1/s1. The third-order valence-corrected chi connectivity index (χ3v) is 5.77. The van der Waals surface area contributed by atoms with E-state index in [1.54, 1.807) is 23.5 Å². The average Bonchev–Trinajstić information content (AvgIpc) is 3.18. The molecule has 3 N–H and O–H groups in total. The van der Waals surface area contributed by atoms with Crippen molar-refractivity contribution in [2.45, 2.75) is 38.3 Å². The van der Waals surface area contributed by atoms with Gasteiger partial charge in [-0.3, -0.25) is 10.2 Å². The van der Waals surface area contributed by atoms with Crippen LogP contribution in [-0.2, 0) is 6.61 Å². The van der Waals surface area contributed by atoms with E-state index in [1.807, 2.05) is 22.4 Å². The van der Waals surface area contributed by atoms with Gasteiger partial charge in [-0.2, -0.15) is 5.10 Å². The molecule has 8 heteroatoms. The summed E-state index contributed by atoms with van der Waals surface area (Å²) in [4.78, 5) is 19.6. The number of hydrazone groups is 1. The highest BCUT2D eigenvalue weighted by Gasteiger charge is 2.32. The topological polar surface area (TPSA) is 102 Å². The van der Waals surface area contributed by atoms with Crippen LogP contribution in [0.4, 0.5) is 5.69 Å². The lowest BCUT2D eigenvalue weighted by Crippen LogP contribution is -2.45. The van der Waals surface area contributed by atoms with Gasteiger partial charge in [0.05, 0.1) is 34.8 Å². The fourth-order valence-corrected chi connectivity index (χ4v) is 4.18. The minimum absolute atomic E-state index is 0.0423. The molecule has 0 spiro atoms. The fourth-order valence-electron chi connectivity index (χ4n) is 3.24. The quantitative estimate of drug-likeness (QED) is 0.525. The van der Waals surface area contributed by atoms with Gasteiger partial charge in [0.1, 0.15) is 0 Å². The summed E-state index contributed by atoms with van der Waals surface area (Å²) in [5.41, 5.74) is 4.70. The monoisotopic (exact) mass is 385 g/mol. The lowest BCUT2D eigenvalue weighted by Gasteiger charge is -2.37. The third kappa shape index (κ3) is 4.40. The number of anilines is 1. The van der Waals surface area contributed by atoms with Gasteiger partial charge in [0.2, 0.25) is 0 Å². The molecule has 0 aliphatic carbocycles.